The Labute approximate surface area is 158 Å². The van der Waals surface area contributed by atoms with E-state index in [0.29, 0.717) is 23.3 Å². The molecule has 0 unspecified atom stereocenters. The maximum absolute atomic E-state index is 12.4. The number of nitrogens with zero attached hydrogens (tertiary/aromatic N) is 5. The third-order valence-corrected chi connectivity index (χ3v) is 4.63. The van der Waals surface area contributed by atoms with Gasteiger partial charge in [0.2, 0.25) is 11.8 Å². The first kappa shape index (κ1) is 17.5. The fourth-order valence-corrected chi connectivity index (χ4v) is 2.94. The molecule has 27 heavy (non-hydrogen) atoms. The minimum absolute atomic E-state index is 0.0590. The SMILES string of the molecule is CN(C(=O)C(C)(C)C)c1ccc(Oc2cc(C3CC3)nc3ncnn23)cc1. The van der Waals surface area contributed by atoms with E-state index in [1.54, 1.807) is 16.5 Å². The Kier molecular flexibility index (Phi) is 4.09. The van der Waals surface area contributed by atoms with Crippen molar-refractivity contribution in [3.8, 4) is 11.6 Å². The highest BCUT2D eigenvalue weighted by Crippen LogP contribution is 2.40. The summed E-state index contributed by atoms with van der Waals surface area (Å²) in [5, 5.41) is 4.20. The lowest BCUT2D eigenvalue weighted by Gasteiger charge is -2.26. The van der Waals surface area contributed by atoms with E-state index >= 15 is 0 Å². The molecule has 7 heteroatoms. The van der Waals surface area contributed by atoms with Gasteiger partial charge in [-0.25, -0.2) is 4.98 Å². The molecule has 2 aromatic heterocycles. The fourth-order valence-electron chi connectivity index (χ4n) is 2.94. The lowest BCUT2D eigenvalue weighted by molar-refractivity contribution is -0.125. The molecule has 140 valence electrons. The average molecular weight is 365 g/mol. The Morgan fingerprint density at radius 3 is 2.56 bits per heavy atom. The number of hydrogen-bond donors (Lipinski definition) is 0. The molecule has 1 saturated carbocycles. The van der Waals surface area contributed by atoms with Crippen LogP contribution in [0.1, 0.15) is 45.2 Å². The number of hydrogen-bond acceptors (Lipinski definition) is 5. The molecule has 1 aliphatic carbocycles. The molecule has 3 aromatic rings. The second-order valence-electron chi connectivity index (χ2n) is 7.98. The summed E-state index contributed by atoms with van der Waals surface area (Å²) >= 11 is 0. The Hall–Kier alpha value is -2.96. The van der Waals surface area contributed by atoms with Crippen LogP contribution in [-0.4, -0.2) is 32.5 Å². The highest BCUT2D eigenvalue weighted by atomic mass is 16.5. The second-order valence-corrected chi connectivity index (χ2v) is 7.98. The second kappa shape index (κ2) is 6.33. The molecule has 0 radical (unpaired) electrons. The van der Waals surface area contributed by atoms with Crippen molar-refractivity contribution in [3.05, 3.63) is 42.4 Å². The van der Waals surface area contributed by atoms with Crippen molar-refractivity contribution in [2.45, 2.75) is 39.5 Å². The smallest absolute Gasteiger partial charge is 0.255 e. The highest BCUT2D eigenvalue weighted by molar-refractivity contribution is 5.96. The summed E-state index contributed by atoms with van der Waals surface area (Å²) in [5.41, 5.74) is 1.39. The van der Waals surface area contributed by atoms with Gasteiger partial charge in [-0.3, -0.25) is 4.79 Å². The maximum atomic E-state index is 12.4. The van der Waals surface area contributed by atoms with Crippen molar-refractivity contribution in [1.82, 2.24) is 19.6 Å². The van der Waals surface area contributed by atoms with Gasteiger partial charge in [0.1, 0.15) is 12.1 Å². The van der Waals surface area contributed by atoms with E-state index in [-0.39, 0.29) is 5.91 Å². The maximum Gasteiger partial charge on any atom is 0.255 e. The molecular formula is C20H23N5O2. The van der Waals surface area contributed by atoms with Gasteiger partial charge in [-0.15, -0.1) is 0 Å². The molecular weight excluding hydrogens is 342 g/mol. The van der Waals surface area contributed by atoms with Gasteiger partial charge in [0.25, 0.3) is 5.78 Å². The van der Waals surface area contributed by atoms with E-state index in [0.717, 1.165) is 24.2 Å². The van der Waals surface area contributed by atoms with E-state index in [1.807, 2.05) is 51.1 Å². The molecule has 0 N–H and O–H groups in total. The summed E-state index contributed by atoms with van der Waals surface area (Å²) in [4.78, 5) is 22.8. The number of benzene rings is 1. The van der Waals surface area contributed by atoms with Crippen LogP contribution in [0, 0.1) is 5.41 Å². The van der Waals surface area contributed by atoms with Crippen molar-refractivity contribution in [3.63, 3.8) is 0 Å². The Bertz CT molecular complexity index is 984. The van der Waals surface area contributed by atoms with E-state index in [9.17, 15) is 4.79 Å². The third kappa shape index (κ3) is 3.49. The van der Waals surface area contributed by atoms with Crippen molar-refractivity contribution in [1.29, 1.82) is 0 Å². The number of amides is 1. The first-order valence-corrected chi connectivity index (χ1v) is 9.10. The number of rotatable bonds is 4. The van der Waals surface area contributed by atoms with E-state index in [4.69, 9.17) is 4.74 Å². The number of carbonyl (C=O) groups excluding carboxylic acids is 1. The lowest BCUT2D eigenvalue weighted by atomic mass is 9.95. The van der Waals surface area contributed by atoms with Crippen molar-refractivity contribution >= 4 is 17.4 Å². The number of aromatic nitrogens is 4. The predicted molar refractivity (Wildman–Crippen MR) is 102 cm³/mol. The number of carbonyl (C=O) groups is 1. The molecule has 2 heterocycles. The summed E-state index contributed by atoms with van der Waals surface area (Å²) in [5.74, 6) is 2.35. The average Bonchev–Trinajstić information content (AvgIpc) is 3.38. The van der Waals surface area contributed by atoms with E-state index < -0.39 is 5.41 Å². The summed E-state index contributed by atoms with van der Waals surface area (Å²) in [6.07, 6.45) is 3.78. The first-order chi connectivity index (χ1) is 12.8. The molecule has 0 saturated heterocycles. The Morgan fingerprint density at radius 1 is 1.22 bits per heavy atom. The quantitative estimate of drug-likeness (QED) is 0.703. The minimum atomic E-state index is -0.432. The largest absolute Gasteiger partial charge is 0.439 e. The zero-order valence-corrected chi connectivity index (χ0v) is 16.0. The fraction of sp³-hybridized carbons (Fsp3) is 0.400. The number of ether oxygens (including phenoxy) is 1. The molecule has 1 aromatic carbocycles. The molecule has 0 bridgehead atoms. The van der Waals surface area contributed by atoms with Crippen LogP contribution in [0.15, 0.2) is 36.7 Å². The van der Waals surface area contributed by atoms with Gasteiger partial charge in [-0.1, -0.05) is 20.8 Å². The molecule has 0 aliphatic heterocycles. The van der Waals surface area contributed by atoms with E-state index in [1.165, 1.54) is 6.33 Å². The van der Waals surface area contributed by atoms with Crippen LogP contribution in [-0.2, 0) is 4.79 Å². The van der Waals surface area contributed by atoms with Gasteiger partial charge in [0.05, 0.1) is 5.69 Å². The lowest BCUT2D eigenvalue weighted by Crippen LogP contribution is -2.36. The molecule has 0 spiro atoms. The first-order valence-electron chi connectivity index (χ1n) is 9.10. The topological polar surface area (TPSA) is 72.6 Å². The summed E-state index contributed by atoms with van der Waals surface area (Å²) in [7, 11) is 1.78. The van der Waals surface area contributed by atoms with Crippen molar-refractivity contribution in [2.24, 2.45) is 5.41 Å². The normalized spacial score (nSPS) is 14.4. The molecule has 1 fully saturated rings. The monoisotopic (exact) mass is 365 g/mol. The van der Waals surface area contributed by atoms with Crippen LogP contribution in [0.2, 0.25) is 0 Å². The summed E-state index contributed by atoms with van der Waals surface area (Å²) in [6.45, 7) is 5.73. The van der Waals surface area contributed by atoms with E-state index in [2.05, 4.69) is 15.1 Å². The Balaban J connectivity index is 1.58. The van der Waals surface area contributed by atoms with Gasteiger partial charge >= 0.3 is 0 Å². The number of fused-ring (bicyclic) bond motifs is 1. The van der Waals surface area contributed by atoms with Crippen LogP contribution in [0.3, 0.4) is 0 Å². The molecule has 0 atom stereocenters. The van der Waals surface area contributed by atoms with Crippen LogP contribution in [0.4, 0.5) is 5.69 Å². The van der Waals surface area contributed by atoms with Crippen LogP contribution < -0.4 is 9.64 Å². The summed E-state index contributed by atoms with van der Waals surface area (Å²) in [6, 6.07) is 9.38. The van der Waals surface area contributed by atoms with Crippen LogP contribution >= 0.6 is 0 Å². The van der Waals surface area contributed by atoms with Crippen LogP contribution in [0.25, 0.3) is 5.78 Å². The van der Waals surface area contributed by atoms with Gasteiger partial charge in [-0.05, 0) is 37.1 Å². The molecule has 7 nitrogen and oxygen atoms in total. The van der Waals surface area contributed by atoms with Gasteiger partial charge in [-0.2, -0.15) is 14.6 Å². The molecule has 4 rings (SSSR count). The molecule has 1 aliphatic rings. The van der Waals surface area contributed by atoms with Gasteiger partial charge < -0.3 is 9.64 Å². The minimum Gasteiger partial charge on any atom is -0.439 e. The molecule has 1 amide bonds. The standard InChI is InChI=1S/C20H23N5O2/c1-20(2,3)18(26)24(4)14-7-9-15(10-8-14)27-17-11-16(13-5-6-13)23-19-21-12-22-25(17)19/h7-13H,5-6H2,1-4H3. The van der Waals surface area contributed by atoms with Crippen LogP contribution in [0.5, 0.6) is 11.6 Å². The zero-order chi connectivity index (χ0) is 19.2. The predicted octanol–water partition coefficient (Wildman–Crippen LogP) is 3.80. The van der Waals surface area contributed by atoms with Gasteiger partial charge in [0, 0.05) is 30.1 Å². The Morgan fingerprint density at radius 2 is 1.93 bits per heavy atom. The number of anilines is 1. The van der Waals surface area contributed by atoms with Crippen molar-refractivity contribution < 1.29 is 9.53 Å². The third-order valence-electron chi connectivity index (χ3n) is 4.63. The zero-order valence-electron chi connectivity index (χ0n) is 16.0. The van der Waals surface area contributed by atoms with Gasteiger partial charge in [0.15, 0.2) is 0 Å². The van der Waals surface area contributed by atoms with Crippen molar-refractivity contribution in [2.75, 3.05) is 11.9 Å². The highest BCUT2D eigenvalue weighted by Gasteiger charge is 2.27. The summed E-state index contributed by atoms with van der Waals surface area (Å²) < 4.78 is 7.64.